The minimum absolute atomic E-state index is 0.0175. The normalized spacial score (nSPS) is 19.1. The number of carbonyl (C=O) groups is 3. The molecule has 1 fully saturated rings. The smallest absolute Gasteiger partial charge is 0.326 e. The first kappa shape index (κ1) is 15.9. The highest BCUT2D eigenvalue weighted by molar-refractivity contribution is 5.90. The quantitative estimate of drug-likeness (QED) is 0.815. The fourth-order valence-electron chi connectivity index (χ4n) is 2.53. The zero-order valence-corrected chi connectivity index (χ0v) is 12.0. The van der Waals surface area contributed by atoms with Gasteiger partial charge in [-0.2, -0.15) is 0 Å². The number of rotatable bonds is 5. The van der Waals surface area contributed by atoms with E-state index in [9.17, 15) is 23.9 Å². The lowest BCUT2D eigenvalue weighted by atomic mass is 10.0. The second kappa shape index (κ2) is 6.55. The van der Waals surface area contributed by atoms with Gasteiger partial charge in [-0.1, -0.05) is 12.1 Å². The van der Waals surface area contributed by atoms with Gasteiger partial charge >= 0.3 is 11.9 Å². The summed E-state index contributed by atoms with van der Waals surface area (Å²) in [5.41, 5.74) is 0.600. The second-order valence-corrected chi connectivity index (χ2v) is 5.15. The lowest BCUT2D eigenvalue weighted by molar-refractivity contribution is -0.148. The van der Waals surface area contributed by atoms with Crippen LogP contribution in [0, 0.1) is 11.7 Å². The number of hydrogen-bond acceptors (Lipinski definition) is 4. The molecule has 1 amide bonds. The highest BCUT2D eigenvalue weighted by atomic mass is 19.1. The molecule has 7 heteroatoms. The summed E-state index contributed by atoms with van der Waals surface area (Å²) < 4.78 is 17.5. The van der Waals surface area contributed by atoms with Crippen LogP contribution in [0.4, 0.5) is 4.39 Å². The molecule has 118 valence electrons. The van der Waals surface area contributed by atoms with Crippen molar-refractivity contribution in [1.82, 2.24) is 4.90 Å². The van der Waals surface area contributed by atoms with E-state index in [-0.39, 0.29) is 19.4 Å². The minimum Gasteiger partial charge on any atom is -0.480 e. The van der Waals surface area contributed by atoms with Crippen LogP contribution in [-0.2, 0) is 25.5 Å². The standard InChI is InChI=1S/C15H16FNO5/c1-22-15(21)10-7-13(18)17(8-10)12(14(19)20)6-9-2-4-11(16)5-3-9/h2-5,10,12H,6-8H2,1H3,(H,19,20). The van der Waals surface area contributed by atoms with Crippen molar-refractivity contribution in [3.8, 4) is 0 Å². The molecule has 1 aliphatic rings. The summed E-state index contributed by atoms with van der Waals surface area (Å²) in [4.78, 5) is 36.1. The topological polar surface area (TPSA) is 83.9 Å². The highest BCUT2D eigenvalue weighted by Crippen LogP contribution is 2.23. The van der Waals surface area contributed by atoms with Gasteiger partial charge in [0.2, 0.25) is 5.91 Å². The van der Waals surface area contributed by atoms with Gasteiger partial charge in [-0.05, 0) is 17.7 Å². The predicted octanol–water partition coefficient (Wildman–Crippen LogP) is 0.843. The number of halogens is 1. The molecule has 0 saturated carbocycles. The fourth-order valence-corrected chi connectivity index (χ4v) is 2.53. The Balaban J connectivity index is 2.14. The van der Waals surface area contributed by atoms with Crippen molar-refractivity contribution in [2.24, 2.45) is 5.92 Å². The number of benzene rings is 1. The van der Waals surface area contributed by atoms with E-state index in [1.54, 1.807) is 0 Å². The van der Waals surface area contributed by atoms with Gasteiger partial charge in [-0.3, -0.25) is 9.59 Å². The maximum Gasteiger partial charge on any atom is 0.326 e. The molecule has 2 unspecified atom stereocenters. The molecule has 0 spiro atoms. The number of amides is 1. The van der Waals surface area contributed by atoms with Crippen molar-refractivity contribution in [3.63, 3.8) is 0 Å². The molecule has 1 heterocycles. The van der Waals surface area contributed by atoms with E-state index in [1.165, 1.54) is 36.3 Å². The maximum atomic E-state index is 12.9. The molecule has 1 aliphatic heterocycles. The van der Waals surface area contributed by atoms with Crippen LogP contribution < -0.4 is 0 Å². The van der Waals surface area contributed by atoms with Gasteiger partial charge in [0.05, 0.1) is 13.0 Å². The Bertz CT molecular complexity index is 586. The zero-order valence-electron chi connectivity index (χ0n) is 12.0. The molecule has 1 aromatic rings. The summed E-state index contributed by atoms with van der Waals surface area (Å²) in [6, 6.07) is 4.33. The molecule has 0 aliphatic carbocycles. The molecular formula is C15H16FNO5. The number of carboxylic acid groups (broad SMARTS) is 1. The number of ether oxygens (including phenoxy) is 1. The molecule has 2 rings (SSSR count). The van der Waals surface area contributed by atoms with Crippen molar-refractivity contribution in [1.29, 1.82) is 0 Å². The molecule has 0 bridgehead atoms. The Morgan fingerprint density at radius 1 is 1.41 bits per heavy atom. The van der Waals surface area contributed by atoms with Gasteiger partial charge in [0.15, 0.2) is 0 Å². The van der Waals surface area contributed by atoms with Crippen LogP contribution in [0.1, 0.15) is 12.0 Å². The first-order chi connectivity index (χ1) is 10.4. The number of nitrogens with zero attached hydrogens (tertiary/aromatic N) is 1. The summed E-state index contributed by atoms with van der Waals surface area (Å²) in [6.07, 6.45) is -0.00484. The first-order valence-electron chi connectivity index (χ1n) is 6.77. The second-order valence-electron chi connectivity index (χ2n) is 5.15. The Kier molecular flexibility index (Phi) is 4.75. The van der Waals surface area contributed by atoms with Gasteiger partial charge in [-0.25, -0.2) is 9.18 Å². The molecule has 6 nitrogen and oxygen atoms in total. The molecule has 22 heavy (non-hydrogen) atoms. The molecule has 1 N–H and O–H groups in total. The van der Waals surface area contributed by atoms with Crippen LogP contribution >= 0.6 is 0 Å². The SMILES string of the molecule is COC(=O)C1CC(=O)N(C(Cc2ccc(F)cc2)C(=O)O)C1. The zero-order chi connectivity index (χ0) is 16.3. The number of likely N-dealkylation sites (tertiary alicyclic amines) is 1. The largest absolute Gasteiger partial charge is 0.480 e. The van der Waals surface area contributed by atoms with E-state index < -0.39 is 35.6 Å². The number of carboxylic acids is 1. The molecule has 0 aromatic heterocycles. The monoisotopic (exact) mass is 309 g/mol. The average molecular weight is 309 g/mol. The lowest BCUT2D eigenvalue weighted by Crippen LogP contribution is -2.44. The average Bonchev–Trinajstić information content (AvgIpc) is 2.87. The third kappa shape index (κ3) is 3.41. The van der Waals surface area contributed by atoms with E-state index in [0.29, 0.717) is 5.56 Å². The Labute approximate surface area is 126 Å². The van der Waals surface area contributed by atoms with E-state index in [0.717, 1.165) is 0 Å². The van der Waals surface area contributed by atoms with Gasteiger partial charge < -0.3 is 14.7 Å². The van der Waals surface area contributed by atoms with Crippen LogP contribution in [-0.4, -0.2) is 47.5 Å². The van der Waals surface area contributed by atoms with Crippen molar-refractivity contribution in [3.05, 3.63) is 35.6 Å². The summed E-state index contributed by atoms with van der Waals surface area (Å²) >= 11 is 0. The summed E-state index contributed by atoms with van der Waals surface area (Å²) in [5, 5.41) is 9.37. The van der Waals surface area contributed by atoms with Gasteiger partial charge in [-0.15, -0.1) is 0 Å². The first-order valence-corrected chi connectivity index (χ1v) is 6.77. The Hall–Kier alpha value is -2.44. The van der Waals surface area contributed by atoms with E-state index >= 15 is 0 Å². The summed E-state index contributed by atoms with van der Waals surface area (Å²) in [6.45, 7) is 0.0175. The molecule has 1 aromatic carbocycles. The summed E-state index contributed by atoms with van der Waals surface area (Å²) in [7, 11) is 1.22. The Morgan fingerprint density at radius 2 is 2.05 bits per heavy atom. The highest BCUT2D eigenvalue weighted by Gasteiger charge is 2.41. The number of methoxy groups -OCH3 is 1. The molecule has 2 atom stereocenters. The Morgan fingerprint density at radius 3 is 2.59 bits per heavy atom. The van der Waals surface area contributed by atoms with E-state index in [2.05, 4.69) is 4.74 Å². The third-order valence-corrected chi connectivity index (χ3v) is 3.70. The number of carbonyl (C=O) groups excluding carboxylic acids is 2. The minimum atomic E-state index is -1.16. The number of aliphatic carboxylic acids is 1. The molecule has 1 saturated heterocycles. The van der Waals surface area contributed by atoms with Crippen molar-refractivity contribution in [2.45, 2.75) is 18.9 Å². The van der Waals surface area contributed by atoms with E-state index in [4.69, 9.17) is 0 Å². The van der Waals surface area contributed by atoms with E-state index in [1.807, 2.05) is 0 Å². The van der Waals surface area contributed by atoms with Crippen molar-refractivity contribution >= 4 is 17.8 Å². The van der Waals surface area contributed by atoms with Crippen LogP contribution in [0.15, 0.2) is 24.3 Å². The molecule has 0 radical (unpaired) electrons. The summed E-state index contributed by atoms with van der Waals surface area (Å²) in [5.74, 6) is -3.15. The van der Waals surface area contributed by atoms with Crippen LogP contribution in [0.25, 0.3) is 0 Å². The maximum absolute atomic E-state index is 12.9. The lowest BCUT2D eigenvalue weighted by Gasteiger charge is -2.24. The van der Waals surface area contributed by atoms with Crippen LogP contribution in [0.2, 0.25) is 0 Å². The molecular weight excluding hydrogens is 293 g/mol. The fraction of sp³-hybridized carbons (Fsp3) is 0.400. The van der Waals surface area contributed by atoms with Gasteiger partial charge in [0, 0.05) is 19.4 Å². The van der Waals surface area contributed by atoms with Crippen molar-refractivity contribution in [2.75, 3.05) is 13.7 Å². The van der Waals surface area contributed by atoms with Gasteiger partial charge in [0.1, 0.15) is 11.9 Å². The van der Waals surface area contributed by atoms with Crippen molar-refractivity contribution < 1.29 is 28.6 Å². The predicted molar refractivity (Wildman–Crippen MR) is 73.4 cm³/mol. The number of esters is 1. The van der Waals surface area contributed by atoms with Crippen LogP contribution in [0.3, 0.4) is 0 Å². The van der Waals surface area contributed by atoms with Gasteiger partial charge in [0.25, 0.3) is 0 Å². The number of hydrogen-bond donors (Lipinski definition) is 1. The third-order valence-electron chi connectivity index (χ3n) is 3.70. The van der Waals surface area contributed by atoms with Crippen LogP contribution in [0.5, 0.6) is 0 Å².